The molecule has 2 saturated heterocycles. The molecule has 0 aromatic rings. The Morgan fingerprint density at radius 1 is 0.730 bits per heavy atom. The minimum atomic E-state index is -0.0580. The van der Waals surface area contributed by atoms with Gasteiger partial charge >= 0.3 is 11.9 Å². The molecule has 0 aromatic heterocycles. The van der Waals surface area contributed by atoms with Crippen LogP contribution in [-0.2, 0) is 19.1 Å². The fraction of sp³-hybridized carbons (Fsp3) is 0.935. The van der Waals surface area contributed by atoms with Crippen LogP contribution in [0.25, 0.3) is 0 Å². The smallest absolute Gasteiger partial charge is 0.306 e. The molecule has 0 amide bonds. The van der Waals surface area contributed by atoms with Crippen LogP contribution in [0.1, 0.15) is 139 Å². The molecule has 0 bridgehead atoms. The van der Waals surface area contributed by atoms with Crippen molar-refractivity contribution in [1.82, 2.24) is 10.6 Å². The molecule has 6 heteroatoms. The zero-order valence-corrected chi connectivity index (χ0v) is 25.5. The number of carbonyl (C=O) groups excluding carboxylic acids is 2. The van der Waals surface area contributed by atoms with Gasteiger partial charge in [0.2, 0.25) is 0 Å². The van der Waals surface area contributed by atoms with Gasteiger partial charge in [-0.15, -0.1) is 0 Å². The predicted octanol–water partition coefficient (Wildman–Crippen LogP) is 6.69. The minimum Gasteiger partial charge on any atom is -0.462 e. The first-order chi connectivity index (χ1) is 17.1. The molecule has 4 atom stereocenters. The lowest BCUT2D eigenvalue weighted by atomic mass is 9.74. The van der Waals surface area contributed by atoms with Crippen molar-refractivity contribution in [2.75, 3.05) is 0 Å². The number of hydrogen-bond acceptors (Lipinski definition) is 6. The first-order valence-corrected chi connectivity index (χ1v) is 15.1. The third kappa shape index (κ3) is 11.2. The van der Waals surface area contributed by atoms with Crippen LogP contribution in [-0.4, -0.2) is 46.8 Å². The molecule has 2 rings (SSSR count). The van der Waals surface area contributed by atoms with Crippen LogP contribution in [0.3, 0.4) is 0 Å². The van der Waals surface area contributed by atoms with E-state index in [1.165, 1.54) is 0 Å². The monoisotopic (exact) mass is 522 g/mol. The summed E-state index contributed by atoms with van der Waals surface area (Å²) in [5.74, 6) is 0.893. The first-order valence-electron chi connectivity index (χ1n) is 15.1. The van der Waals surface area contributed by atoms with Crippen LogP contribution in [0, 0.1) is 11.8 Å². The van der Waals surface area contributed by atoms with E-state index in [-0.39, 0.29) is 40.8 Å². The number of hydrogen-bond donors (Lipinski definition) is 2. The second-order valence-electron chi connectivity index (χ2n) is 14.2. The van der Waals surface area contributed by atoms with E-state index in [0.717, 1.165) is 64.2 Å². The Bertz CT molecular complexity index is 733. The maximum atomic E-state index is 12.5. The van der Waals surface area contributed by atoms with Gasteiger partial charge in [0.15, 0.2) is 0 Å². The fourth-order valence-corrected chi connectivity index (χ4v) is 6.27. The summed E-state index contributed by atoms with van der Waals surface area (Å²) in [6.45, 7) is 19.9. The van der Waals surface area contributed by atoms with Gasteiger partial charge in [0.05, 0.1) is 0 Å². The van der Waals surface area contributed by atoms with E-state index in [1.54, 1.807) is 0 Å². The highest BCUT2D eigenvalue weighted by molar-refractivity contribution is 5.69. The van der Waals surface area contributed by atoms with Crippen molar-refractivity contribution >= 4 is 11.9 Å². The van der Waals surface area contributed by atoms with Crippen molar-refractivity contribution in [2.24, 2.45) is 11.8 Å². The van der Waals surface area contributed by atoms with Crippen molar-refractivity contribution in [3.05, 3.63) is 0 Å². The number of carbonyl (C=O) groups is 2. The van der Waals surface area contributed by atoms with Crippen LogP contribution < -0.4 is 10.6 Å². The number of rotatable bonds is 13. The number of unbranched alkanes of at least 4 members (excludes halogenated alkanes) is 5. The van der Waals surface area contributed by atoms with E-state index in [9.17, 15) is 9.59 Å². The van der Waals surface area contributed by atoms with Crippen molar-refractivity contribution in [2.45, 2.75) is 174 Å². The highest BCUT2D eigenvalue weighted by Gasteiger charge is 2.43. The summed E-state index contributed by atoms with van der Waals surface area (Å²) in [4.78, 5) is 24.9. The highest BCUT2D eigenvalue weighted by atomic mass is 16.5. The Balaban J connectivity index is 1.55. The maximum Gasteiger partial charge on any atom is 0.306 e. The van der Waals surface area contributed by atoms with Crippen molar-refractivity contribution in [1.29, 1.82) is 0 Å². The van der Waals surface area contributed by atoms with E-state index in [4.69, 9.17) is 9.47 Å². The molecule has 0 radical (unpaired) electrons. The maximum absolute atomic E-state index is 12.5. The van der Waals surface area contributed by atoms with Crippen LogP contribution in [0.2, 0.25) is 0 Å². The molecule has 37 heavy (non-hydrogen) atoms. The average molecular weight is 523 g/mol. The molecule has 0 spiro atoms. The predicted molar refractivity (Wildman–Crippen MR) is 151 cm³/mol. The van der Waals surface area contributed by atoms with E-state index in [2.05, 4.69) is 72.9 Å². The van der Waals surface area contributed by atoms with Crippen LogP contribution in [0.15, 0.2) is 0 Å². The van der Waals surface area contributed by atoms with Gasteiger partial charge < -0.3 is 20.1 Å². The topological polar surface area (TPSA) is 76.7 Å². The molecule has 216 valence electrons. The quantitative estimate of drug-likeness (QED) is 0.207. The van der Waals surface area contributed by atoms with Crippen molar-refractivity contribution < 1.29 is 19.1 Å². The summed E-state index contributed by atoms with van der Waals surface area (Å²) in [6.07, 6.45) is 10.5. The largest absolute Gasteiger partial charge is 0.462 e. The lowest BCUT2D eigenvalue weighted by Gasteiger charge is -2.49. The highest BCUT2D eigenvalue weighted by Crippen LogP contribution is 2.35. The van der Waals surface area contributed by atoms with Crippen molar-refractivity contribution in [3.8, 4) is 0 Å². The van der Waals surface area contributed by atoms with E-state index in [1.807, 2.05) is 0 Å². The molecule has 2 heterocycles. The third-order valence-corrected chi connectivity index (χ3v) is 8.53. The second-order valence-corrected chi connectivity index (χ2v) is 14.2. The summed E-state index contributed by atoms with van der Waals surface area (Å²) in [5.41, 5.74) is -0.0431. The van der Waals surface area contributed by atoms with Crippen LogP contribution in [0.5, 0.6) is 0 Å². The molecular weight excluding hydrogens is 464 g/mol. The third-order valence-electron chi connectivity index (χ3n) is 8.53. The zero-order chi connectivity index (χ0) is 27.9. The lowest BCUT2D eigenvalue weighted by Crippen LogP contribution is -2.63. The van der Waals surface area contributed by atoms with Gasteiger partial charge in [-0.05, 0) is 59.3 Å². The zero-order valence-electron chi connectivity index (χ0n) is 25.5. The summed E-state index contributed by atoms with van der Waals surface area (Å²) >= 11 is 0. The van der Waals surface area contributed by atoms with Gasteiger partial charge in [-0.25, -0.2) is 0 Å². The fourth-order valence-electron chi connectivity index (χ4n) is 6.27. The number of nitrogens with one attached hydrogen (secondary N) is 2. The summed E-state index contributed by atoms with van der Waals surface area (Å²) in [7, 11) is 0. The Labute approximate surface area is 227 Å². The molecule has 6 nitrogen and oxygen atoms in total. The van der Waals surface area contributed by atoms with Crippen molar-refractivity contribution in [3.63, 3.8) is 0 Å². The van der Waals surface area contributed by atoms with Crippen LogP contribution >= 0.6 is 0 Å². The Hall–Kier alpha value is -1.14. The molecule has 2 fully saturated rings. The average Bonchev–Trinajstić information content (AvgIpc) is 2.72. The van der Waals surface area contributed by atoms with Gasteiger partial charge in [0.25, 0.3) is 0 Å². The number of ether oxygens (including phenoxy) is 2. The lowest BCUT2D eigenvalue weighted by molar-refractivity contribution is -0.154. The van der Waals surface area contributed by atoms with E-state index >= 15 is 0 Å². The molecule has 2 aliphatic rings. The SMILES string of the molecule is CC(C)C1CC(OC(=O)CCCCCCCCC(=O)OC2CC(C)(C)NC(C)(C(C)C)C2)CC(C)(C)N1. The van der Waals surface area contributed by atoms with Crippen LogP contribution in [0.4, 0.5) is 0 Å². The Kier molecular flexibility index (Phi) is 11.9. The van der Waals surface area contributed by atoms with E-state index < -0.39 is 0 Å². The van der Waals surface area contributed by atoms with Gasteiger partial charge in [0, 0.05) is 61.2 Å². The molecule has 0 aromatic carbocycles. The Morgan fingerprint density at radius 3 is 1.73 bits per heavy atom. The molecule has 0 saturated carbocycles. The van der Waals surface area contributed by atoms with Gasteiger partial charge in [-0.1, -0.05) is 53.4 Å². The molecule has 0 aliphatic carbocycles. The van der Waals surface area contributed by atoms with E-state index in [0.29, 0.717) is 30.7 Å². The summed E-state index contributed by atoms with van der Waals surface area (Å²) < 4.78 is 11.8. The number of piperidine rings is 2. The second kappa shape index (κ2) is 13.8. The summed E-state index contributed by atoms with van der Waals surface area (Å²) in [6, 6.07) is 0.394. The molecule has 2 aliphatic heterocycles. The normalized spacial score (nSPS) is 29.3. The molecule has 2 N–H and O–H groups in total. The van der Waals surface area contributed by atoms with Gasteiger partial charge in [0.1, 0.15) is 12.2 Å². The molecule has 4 unspecified atom stereocenters. The number of esters is 2. The molecular formula is C31H58N2O4. The Morgan fingerprint density at radius 2 is 1.22 bits per heavy atom. The van der Waals surface area contributed by atoms with Gasteiger partial charge in [-0.3, -0.25) is 9.59 Å². The minimum absolute atomic E-state index is 0.00340. The summed E-state index contributed by atoms with van der Waals surface area (Å²) in [5, 5.41) is 7.45. The van der Waals surface area contributed by atoms with Gasteiger partial charge in [-0.2, -0.15) is 0 Å². The standard InChI is InChI=1S/C31H58N2O4/c1-22(2)26-18-24(19-29(5,6)32-26)36-27(34)16-14-12-10-11-13-15-17-28(35)37-25-20-30(7,8)33-31(9,21-25)23(3)4/h22-26,32-33H,10-21H2,1-9H3. The first kappa shape index (κ1) is 32.1.